The highest BCUT2D eigenvalue weighted by Gasteiger charge is 2.13. The molecule has 2 aromatic rings. The molecule has 0 aliphatic rings. The van der Waals surface area contributed by atoms with Crippen LogP contribution in [0.1, 0.15) is 24.1 Å². The van der Waals surface area contributed by atoms with E-state index in [-0.39, 0.29) is 6.04 Å². The molecule has 1 unspecified atom stereocenters. The van der Waals surface area contributed by atoms with E-state index in [1.807, 2.05) is 18.2 Å². The summed E-state index contributed by atoms with van der Waals surface area (Å²) in [7, 11) is 0. The molecule has 100 valence electrons. The van der Waals surface area contributed by atoms with Crippen molar-refractivity contribution < 1.29 is 8.78 Å². The monoisotopic (exact) mass is 281 g/mol. The second-order valence-corrected chi connectivity index (χ2v) is 4.81. The Morgan fingerprint density at radius 2 is 1.89 bits per heavy atom. The van der Waals surface area contributed by atoms with Crippen molar-refractivity contribution >= 4 is 11.6 Å². The molecule has 0 fully saturated rings. The minimum absolute atomic E-state index is 0.283. The van der Waals surface area contributed by atoms with Crippen molar-refractivity contribution in [3.8, 4) is 0 Å². The Bertz CT molecular complexity index is 572. The van der Waals surface area contributed by atoms with Crippen LogP contribution in [0.25, 0.3) is 0 Å². The Labute approximate surface area is 116 Å². The molecule has 1 N–H and O–H groups in total. The maximum atomic E-state index is 13.6. The van der Waals surface area contributed by atoms with Gasteiger partial charge in [-0.25, -0.2) is 8.78 Å². The van der Waals surface area contributed by atoms with E-state index in [2.05, 4.69) is 5.32 Å². The lowest BCUT2D eigenvalue weighted by molar-refractivity contribution is 0.472. The van der Waals surface area contributed by atoms with Gasteiger partial charge in [-0.1, -0.05) is 35.9 Å². The Morgan fingerprint density at radius 3 is 2.63 bits per heavy atom. The third-order valence-electron chi connectivity index (χ3n) is 2.95. The van der Waals surface area contributed by atoms with Gasteiger partial charge in [0.2, 0.25) is 0 Å². The van der Waals surface area contributed by atoms with Crippen molar-refractivity contribution in [1.82, 2.24) is 5.32 Å². The predicted octanol–water partition coefficient (Wildman–Crippen LogP) is 4.47. The zero-order chi connectivity index (χ0) is 13.8. The van der Waals surface area contributed by atoms with Crippen molar-refractivity contribution in [2.45, 2.75) is 19.5 Å². The van der Waals surface area contributed by atoms with Gasteiger partial charge in [-0.05, 0) is 30.7 Å². The van der Waals surface area contributed by atoms with Crippen molar-refractivity contribution in [2.75, 3.05) is 0 Å². The molecule has 0 aliphatic carbocycles. The van der Waals surface area contributed by atoms with E-state index in [9.17, 15) is 8.78 Å². The number of halogens is 3. The van der Waals surface area contributed by atoms with Crippen LogP contribution in [0, 0.1) is 11.6 Å². The molecule has 19 heavy (non-hydrogen) atoms. The lowest BCUT2D eigenvalue weighted by Crippen LogP contribution is -2.19. The molecule has 0 radical (unpaired) electrons. The minimum Gasteiger partial charge on any atom is -0.306 e. The molecule has 2 rings (SSSR count). The van der Waals surface area contributed by atoms with E-state index in [1.165, 1.54) is 6.07 Å². The fraction of sp³-hybridized carbons (Fsp3) is 0.200. The maximum absolute atomic E-state index is 13.6. The Hall–Kier alpha value is -1.45. The van der Waals surface area contributed by atoms with E-state index in [0.29, 0.717) is 17.1 Å². The van der Waals surface area contributed by atoms with Gasteiger partial charge in [0.15, 0.2) is 11.6 Å². The van der Waals surface area contributed by atoms with Crippen molar-refractivity contribution in [3.63, 3.8) is 0 Å². The van der Waals surface area contributed by atoms with E-state index in [1.54, 1.807) is 19.1 Å². The van der Waals surface area contributed by atoms with Gasteiger partial charge < -0.3 is 5.32 Å². The van der Waals surface area contributed by atoms with Crippen LogP contribution in [0.3, 0.4) is 0 Å². The second-order valence-electron chi connectivity index (χ2n) is 4.38. The minimum atomic E-state index is -0.825. The quantitative estimate of drug-likeness (QED) is 0.872. The SMILES string of the molecule is CC(NCc1cccc(Cl)c1)c1cccc(F)c1F. The number of nitrogens with one attached hydrogen (secondary N) is 1. The molecule has 0 heterocycles. The molecule has 0 spiro atoms. The van der Waals surface area contributed by atoms with Crippen LogP contribution in [0.15, 0.2) is 42.5 Å². The summed E-state index contributed by atoms with van der Waals surface area (Å²) < 4.78 is 26.7. The van der Waals surface area contributed by atoms with Gasteiger partial charge in [-0.2, -0.15) is 0 Å². The summed E-state index contributed by atoms with van der Waals surface area (Å²) in [6.45, 7) is 2.33. The highest BCUT2D eigenvalue weighted by molar-refractivity contribution is 6.30. The van der Waals surface area contributed by atoms with Crippen molar-refractivity contribution in [1.29, 1.82) is 0 Å². The maximum Gasteiger partial charge on any atom is 0.163 e. The summed E-state index contributed by atoms with van der Waals surface area (Å²) in [5.41, 5.74) is 1.32. The number of hydrogen-bond acceptors (Lipinski definition) is 1. The van der Waals surface area contributed by atoms with Crippen LogP contribution >= 0.6 is 11.6 Å². The summed E-state index contributed by atoms with van der Waals surface area (Å²) in [6, 6.07) is 11.3. The summed E-state index contributed by atoms with van der Waals surface area (Å²) in [6.07, 6.45) is 0. The number of hydrogen-bond donors (Lipinski definition) is 1. The van der Waals surface area contributed by atoms with Crippen molar-refractivity contribution in [2.24, 2.45) is 0 Å². The average Bonchev–Trinajstić information content (AvgIpc) is 2.39. The van der Waals surface area contributed by atoms with Crippen LogP contribution in [-0.2, 0) is 6.54 Å². The van der Waals surface area contributed by atoms with Crippen LogP contribution < -0.4 is 5.32 Å². The first-order valence-electron chi connectivity index (χ1n) is 5.99. The lowest BCUT2D eigenvalue weighted by atomic mass is 10.1. The molecular weight excluding hydrogens is 268 g/mol. The van der Waals surface area contributed by atoms with Crippen LogP contribution in [0.4, 0.5) is 8.78 Å². The average molecular weight is 282 g/mol. The molecule has 1 nitrogen and oxygen atoms in total. The zero-order valence-corrected chi connectivity index (χ0v) is 11.2. The van der Waals surface area contributed by atoms with Gasteiger partial charge in [0.05, 0.1) is 0 Å². The third-order valence-corrected chi connectivity index (χ3v) is 3.18. The number of benzene rings is 2. The topological polar surface area (TPSA) is 12.0 Å². The first-order chi connectivity index (χ1) is 9.08. The van der Waals surface area contributed by atoms with Crippen LogP contribution in [0.5, 0.6) is 0 Å². The highest BCUT2D eigenvalue weighted by Crippen LogP contribution is 2.19. The fourth-order valence-corrected chi connectivity index (χ4v) is 2.10. The molecular formula is C15H14ClF2N. The van der Waals surface area contributed by atoms with Gasteiger partial charge in [0.1, 0.15) is 0 Å². The molecule has 0 aliphatic heterocycles. The standard InChI is InChI=1S/C15H14ClF2N/c1-10(13-6-3-7-14(17)15(13)18)19-9-11-4-2-5-12(16)8-11/h2-8,10,19H,9H2,1H3. The van der Waals surface area contributed by atoms with Gasteiger partial charge in [0, 0.05) is 23.2 Å². The largest absolute Gasteiger partial charge is 0.306 e. The molecule has 4 heteroatoms. The summed E-state index contributed by atoms with van der Waals surface area (Å²) in [5, 5.41) is 3.80. The van der Waals surface area contributed by atoms with E-state index >= 15 is 0 Å². The second kappa shape index (κ2) is 6.13. The van der Waals surface area contributed by atoms with Gasteiger partial charge >= 0.3 is 0 Å². The Kier molecular flexibility index (Phi) is 4.51. The van der Waals surface area contributed by atoms with E-state index in [4.69, 9.17) is 11.6 Å². The Morgan fingerprint density at radius 1 is 1.16 bits per heavy atom. The molecule has 0 saturated carbocycles. The molecule has 2 aromatic carbocycles. The predicted molar refractivity (Wildman–Crippen MR) is 73.1 cm³/mol. The fourth-order valence-electron chi connectivity index (χ4n) is 1.88. The highest BCUT2D eigenvalue weighted by atomic mass is 35.5. The zero-order valence-electron chi connectivity index (χ0n) is 10.5. The van der Waals surface area contributed by atoms with Crippen LogP contribution in [-0.4, -0.2) is 0 Å². The molecule has 0 amide bonds. The van der Waals surface area contributed by atoms with Gasteiger partial charge in [0.25, 0.3) is 0 Å². The third kappa shape index (κ3) is 3.52. The Balaban J connectivity index is 2.05. The molecule has 0 aromatic heterocycles. The summed E-state index contributed by atoms with van der Waals surface area (Å²) in [5.74, 6) is -1.62. The summed E-state index contributed by atoms with van der Waals surface area (Å²) in [4.78, 5) is 0. The molecule has 1 atom stereocenters. The first kappa shape index (κ1) is 14.0. The molecule has 0 saturated heterocycles. The first-order valence-corrected chi connectivity index (χ1v) is 6.37. The van der Waals surface area contributed by atoms with E-state index < -0.39 is 11.6 Å². The van der Waals surface area contributed by atoms with Gasteiger partial charge in [-0.3, -0.25) is 0 Å². The van der Waals surface area contributed by atoms with E-state index in [0.717, 1.165) is 11.6 Å². The number of rotatable bonds is 4. The normalized spacial score (nSPS) is 12.4. The van der Waals surface area contributed by atoms with Gasteiger partial charge in [-0.15, -0.1) is 0 Å². The van der Waals surface area contributed by atoms with Crippen molar-refractivity contribution in [3.05, 3.63) is 70.2 Å². The molecule has 0 bridgehead atoms. The summed E-state index contributed by atoms with van der Waals surface area (Å²) >= 11 is 5.89. The lowest BCUT2D eigenvalue weighted by Gasteiger charge is -2.15. The van der Waals surface area contributed by atoms with Crippen LogP contribution in [0.2, 0.25) is 5.02 Å². The smallest absolute Gasteiger partial charge is 0.163 e.